The summed E-state index contributed by atoms with van der Waals surface area (Å²) in [6, 6.07) is 2.17. The Labute approximate surface area is 101 Å². The van der Waals surface area contributed by atoms with Crippen molar-refractivity contribution in [2.24, 2.45) is 17.3 Å². The second-order valence-corrected chi connectivity index (χ2v) is 5.95. The van der Waals surface area contributed by atoms with Crippen LogP contribution in [0.25, 0.3) is 0 Å². The SMILES string of the molecule is C/C(=C\CC#N)CCC1CCC(C)C1(C)C. The van der Waals surface area contributed by atoms with Crippen LogP contribution < -0.4 is 0 Å². The van der Waals surface area contributed by atoms with Gasteiger partial charge < -0.3 is 0 Å². The first-order valence-corrected chi connectivity index (χ1v) is 6.51. The molecule has 0 radical (unpaired) electrons. The molecular weight excluding hydrogens is 194 g/mol. The standard InChI is InChI=1S/C15H25N/c1-12(6-5-11-16)7-9-14-10-8-13(2)15(14,3)4/h6,13-14H,5,7-10H2,1-4H3/b12-6+. The summed E-state index contributed by atoms with van der Waals surface area (Å²) in [5, 5.41) is 8.52. The van der Waals surface area contributed by atoms with Crippen LogP contribution in [0.15, 0.2) is 11.6 Å². The molecule has 0 heterocycles. The normalized spacial score (nSPS) is 29.1. The van der Waals surface area contributed by atoms with Crippen molar-refractivity contribution in [3.05, 3.63) is 11.6 Å². The molecule has 16 heavy (non-hydrogen) atoms. The summed E-state index contributed by atoms with van der Waals surface area (Å²) in [6.07, 6.45) is 7.88. The molecule has 1 nitrogen and oxygen atoms in total. The Morgan fingerprint density at radius 3 is 2.62 bits per heavy atom. The summed E-state index contributed by atoms with van der Waals surface area (Å²) < 4.78 is 0. The molecule has 1 fully saturated rings. The lowest BCUT2D eigenvalue weighted by Gasteiger charge is -2.31. The third kappa shape index (κ3) is 3.11. The summed E-state index contributed by atoms with van der Waals surface area (Å²) in [6.45, 7) is 9.38. The van der Waals surface area contributed by atoms with Crippen LogP contribution in [-0.4, -0.2) is 0 Å². The van der Waals surface area contributed by atoms with E-state index < -0.39 is 0 Å². The molecule has 0 aromatic carbocycles. The van der Waals surface area contributed by atoms with Gasteiger partial charge in [-0.15, -0.1) is 0 Å². The van der Waals surface area contributed by atoms with Gasteiger partial charge in [-0.2, -0.15) is 5.26 Å². The number of allylic oxidation sites excluding steroid dienone is 2. The van der Waals surface area contributed by atoms with Crippen molar-refractivity contribution in [2.45, 2.75) is 59.8 Å². The maximum absolute atomic E-state index is 8.52. The average Bonchev–Trinajstić information content (AvgIpc) is 2.49. The van der Waals surface area contributed by atoms with E-state index in [2.05, 4.69) is 39.8 Å². The van der Waals surface area contributed by atoms with Gasteiger partial charge in [0.15, 0.2) is 0 Å². The van der Waals surface area contributed by atoms with Crippen molar-refractivity contribution >= 4 is 0 Å². The Hall–Kier alpha value is -0.770. The van der Waals surface area contributed by atoms with Crippen LogP contribution >= 0.6 is 0 Å². The first-order valence-electron chi connectivity index (χ1n) is 6.51. The fourth-order valence-electron chi connectivity index (χ4n) is 2.84. The van der Waals surface area contributed by atoms with Gasteiger partial charge in [0.25, 0.3) is 0 Å². The maximum atomic E-state index is 8.52. The zero-order valence-electron chi connectivity index (χ0n) is 11.2. The van der Waals surface area contributed by atoms with Crippen LogP contribution in [0.2, 0.25) is 0 Å². The quantitative estimate of drug-likeness (QED) is 0.629. The average molecular weight is 219 g/mol. The predicted octanol–water partition coefficient (Wildman–Crippen LogP) is 4.70. The van der Waals surface area contributed by atoms with Crippen LogP contribution in [0, 0.1) is 28.6 Å². The summed E-state index contributed by atoms with van der Waals surface area (Å²) in [5.41, 5.74) is 1.90. The van der Waals surface area contributed by atoms with Crippen molar-refractivity contribution < 1.29 is 0 Å². The third-order valence-corrected chi connectivity index (χ3v) is 4.70. The molecule has 0 N–H and O–H groups in total. The van der Waals surface area contributed by atoms with Gasteiger partial charge in [0.1, 0.15) is 0 Å². The lowest BCUT2D eigenvalue weighted by atomic mass is 9.74. The first kappa shape index (κ1) is 13.3. The van der Waals surface area contributed by atoms with Crippen molar-refractivity contribution in [1.29, 1.82) is 5.26 Å². The van der Waals surface area contributed by atoms with Gasteiger partial charge in [-0.25, -0.2) is 0 Å². The smallest absolute Gasteiger partial charge is 0.0663 e. The van der Waals surface area contributed by atoms with Crippen molar-refractivity contribution in [3.63, 3.8) is 0 Å². The number of nitrogens with zero attached hydrogens (tertiary/aromatic N) is 1. The predicted molar refractivity (Wildman–Crippen MR) is 68.9 cm³/mol. The van der Waals surface area contributed by atoms with Gasteiger partial charge in [-0.1, -0.05) is 32.4 Å². The molecule has 1 saturated carbocycles. The molecule has 0 saturated heterocycles. The Bertz CT molecular complexity index is 293. The largest absolute Gasteiger partial charge is 0.198 e. The van der Waals surface area contributed by atoms with Gasteiger partial charge in [-0.3, -0.25) is 0 Å². The second-order valence-electron chi connectivity index (χ2n) is 5.95. The molecular formula is C15H25N. The lowest BCUT2D eigenvalue weighted by molar-refractivity contribution is 0.189. The molecule has 0 amide bonds. The van der Waals surface area contributed by atoms with Crippen LogP contribution in [0.4, 0.5) is 0 Å². The molecule has 0 aliphatic heterocycles. The van der Waals surface area contributed by atoms with Crippen LogP contribution in [-0.2, 0) is 0 Å². The van der Waals surface area contributed by atoms with E-state index >= 15 is 0 Å². The molecule has 0 aromatic rings. The van der Waals surface area contributed by atoms with E-state index in [0.29, 0.717) is 11.8 Å². The highest BCUT2D eigenvalue weighted by molar-refractivity contribution is 5.03. The Balaban J connectivity index is 2.42. The fraction of sp³-hybridized carbons (Fsp3) is 0.800. The second kappa shape index (κ2) is 5.53. The van der Waals surface area contributed by atoms with Crippen molar-refractivity contribution in [2.75, 3.05) is 0 Å². The summed E-state index contributed by atoms with van der Waals surface area (Å²) in [5.74, 6) is 1.73. The topological polar surface area (TPSA) is 23.8 Å². The van der Waals surface area contributed by atoms with Gasteiger partial charge >= 0.3 is 0 Å². The summed E-state index contributed by atoms with van der Waals surface area (Å²) in [4.78, 5) is 0. The molecule has 1 heteroatoms. The monoisotopic (exact) mass is 219 g/mol. The van der Waals surface area contributed by atoms with Crippen LogP contribution in [0.5, 0.6) is 0 Å². The van der Waals surface area contributed by atoms with E-state index in [0.717, 1.165) is 11.8 Å². The Morgan fingerprint density at radius 2 is 2.12 bits per heavy atom. The highest BCUT2D eigenvalue weighted by atomic mass is 14.4. The molecule has 0 aromatic heterocycles. The van der Waals surface area contributed by atoms with E-state index in [1.807, 2.05) is 0 Å². The number of nitriles is 1. The zero-order valence-corrected chi connectivity index (χ0v) is 11.2. The summed E-state index contributed by atoms with van der Waals surface area (Å²) >= 11 is 0. The number of hydrogen-bond acceptors (Lipinski definition) is 1. The van der Waals surface area contributed by atoms with Gasteiger partial charge in [-0.05, 0) is 49.9 Å². The molecule has 0 spiro atoms. The lowest BCUT2D eigenvalue weighted by Crippen LogP contribution is -2.23. The Morgan fingerprint density at radius 1 is 1.44 bits per heavy atom. The molecule has 90 valence electrons. The fourth-order valence-corrected chi connectivity index (χ4v) is 2.84. The van der Waals surface area contributed by atoms with Crippen molar-refractivity contribution in [1.82, 2.24) is 0 Å². The van der Waals surface area contributed by atoms with Crippen molar-refractivity contribution in [3.8, 4) is 6.07 Å². The maximum Gasteiger partial charge on any atom is 0.0663 e. The molecule has 1 rings (SSSR count). The minimum Gasteiger partial charge on any atom is -0.198 e. The Kier molecular flexibility index (Phi) is 4.59. The molecule has 0 bridgehead atoms. The van der Waals surface area contributed by atoms with E-state index in [9.17, 15) is 0 Å². The zero-order chi connectivity index (χ0) is 12.2. The molecule has 2 unspecified atom stereocenters. The van der Waals surface area contributed by atoms with E-state index in [1.54, 1.807) is 0 Å². The van der Waals surface area contributed by atoms with Gasteiger partial charge in [0.05, 0.1) is 12.5 Å². The summed E-state index contributed by atoms with van der Waals surface area (Å²) in [7, 11) is 0. The van der Waals surface area contributed by atoms with E-state index in [1.165, 1.54) is 31.3 Å². The van der Waals surface area contributed by atoms with E-state index in [4.69, 9.17) is 5.26 Å². The minimum atomic E-state index is 0.509. The van der Waals surface area contributed by atoms with Crippen LogP contribution in [0.3, 0.4) is 0 Å². The molecule has 2 atom stereocenters. The molecule has 1 aliphatic carbocycles. The molecule has 1 aliphatic rings. The number of hydrogen-bond donors (Lipinski definition) is 0. The highest BCUT2D eigenvalue weighted by Crippen LogP contribution is 2.49. The van der Waals surface area contributed by atoms with E-state index in [-0.39, 0.29) is 0 Å². The first-order chi connectivity index (χ1) is 7.48. The van der Waals surface area contributed by atoms with Crippen LogP contribution in [0.1, 0.15) is 59.8 Å². The number of rotatable bonds is 4. The third-order valence-electron chi connectivity index (χ3n) is 4.70. The van der Waals surface area contributed by atoms with Gasteiger partial charge in [0, 0.05) is 0 Å². The van der Waals surface area contributed by atoms with Gasteiger partial charge in [0.2, 0.25) is 0 Å². The highest BCUT2D eigenvalue weighted by Gasteiger charge is 2.39. The minimum absolute atomic E-state index is 0.509.